The molecule has 0 unspecified atom stereocenters. The zero-order valence-corrected chi connectivity index (χ0v) is 15.3. The van der Waals surface area contributed by atoms with Gasteiger partial charge in [0, 0.05) is 29.5 Å². The van der Waals surface area contributed by atoms with Gasteiger partial charge in [-0.25, -0.2) is 4.98 Å². The smallest absolute Gasteiger partial charge is 0.269 e. The van der Waals surface area contributed by atoms with Crippen LogP contribution in [-0.4, -0.2) is 26.1 Å². The molecule has 2 heterocycles. The van der Waals surface area contributed by atoms with E-state index in [1.54, 1.807) is 24.5 Å². The third kappa shape index (κ3) is 3.71. The Morgan fingerprint density at radius 3 is 2.92 bits per heavy atom. The van der Waals surface area contributed by atoms with E-state index in [0.717, 1.165) is 11.1 Å². The predicted octanol–water partition coefficient (Wildman–Crippen LogP) is 3.62. The molecule has 0 fully saturated rings. The van der Waals surface area contributed by atoms with E-state index in [1.807, 2.05) is 6.92 Å². The fourth-order valence-electron chi connectivity index (χ4n) is 2.38. The zero-order chi connectivity index (χ0) is 18.7. The quantitative estimate of drug-likeness (QED) is 0.512. The SMILES string of the molecule is C=CC(=O)NCc1c(C)cc(Cl)cc1-c1nnc(-c2ncc[nH]c2=S)o1. The molecule has 3 aromatic rings. The summed E-state index contributed by atoms with van der Waals surface area (Å²) < 4.78 is 6.15. The molecule has 7 nitrogen and oxygen atoms in total. The number of nitrogens with one attached hydrogen (secondary N) is 2. The molecule has 26 heavy (non-hydrogen) atoms. The van der Waals surface area contributed by atoms with Gasteiger partial charge in [0.15, 0.2) is 5.69 Å². The lowest BCUT2D eigenvalue weighted by Crippen LogP contribution is -2.21. The number of halogens is 1. The summed E-state index contributed by atoms with van der Waals surface area (Å²) in [5.74, 6) is 0.172. The Bertz CT molecular complexity index is 1040. The summed E-state index contributed by atoms with van der Waals surface area (Å²) in [6, 6.07) is 3.51. The standard InChI is InChI=1S/C17H14ClN5O2S/c1-3-13(24)21-8-12-9(2)6-10(18)7-11(12)15-22-23-16(25-15)14-17(26)20-5-4-19-14/h3-7H,1,8H2,2H3,(H,20,26)(H,21,24). The third-order valence-electron chi connectivity index (χ3n) is 3.63. The molecule has 0 bridgehead atoms. The molecule has 0 atom stereocenters. The van der Waals surface area contributed by atoms with Crippen molar-refractivity contribution >= 4 is 29.7 Å². The normalized spacial score (nSPS) is 10.5. The first-order valence-electron chi connectivity index (χ1n) is 7.57. The van der Waals surface area contributed by atoms with E-state index < -0.39 is 0 Å². The fraction of sp³-hybridized carbons (Fsp3) is 0.118. The Hall–Kier alpha value is -2.84. The lowest BCUT2D eigenvalue weighted by Gasteiger charge is -2.11. The Morgan fingerprint density at radius 1 is 1.42 bits per heavy atom. The minimum atomic E-state index is -0.281. The molecule has 1 amide bonds. The van der Waals surface area contributed by atoms with Gasteiger partial charge in [0.1, 0.15) is 4.64 Å². The molecule has 0 saturated carbocycles. The second-order valence-corrected chi connectivity index (χ2v) is 6.19. The molecule has 0 saturated heterocycles. The average molecular weight is 388 g/mol. The highest BCUT2D eigenvalue weighted by Crippen LogP contribution is 2.30. The summed E-state index contributed by atoms with van der Waals surface area (Å²) in [4.78, 5) is 18.5. The number of hydrogen-bond acceptors (Lipinski definition) is 6. The number of hydrogen-bond donors (Lipinski definition) is 2. The first kappa shape index (κ1) is 18.0. The Balaban J connectivity index is 2.04. The number of rotatable bonds is 5. The van der Waals surface area contributed by atoms with Crippen molar-refractivity contribution in [2.75, 3.05) is 0 Å². The van der Waals surface area contributed by atoms with Crippen molar-refractivity contribution in [3.8, 4) is 23.0 Å². The molecule has 2 N–H and O–H groups in total. The number of H-pyrrole nitrogens is 1. The lowest BCUT2D eigenvalue weighted by atomic mass is 10.0. The monoisotopic (exact) mass is 387 g/mol. The van der Waals surface area contributed by atoms with Crippen LogP contribution in [0.15, 0.2) is 41.6 Å². The van der Waals surface area contributed by atoms with Gasteiger partial charge in [-0.1, -0.05) is 30.4 Å². The number of carbonyl (C=O) groups is 1. The highest BCUT2D eigenvalue weighted by Gasteiger charge is 2.18. The largest absolute Gasteiger partial charge is 0.414 e. The van der Waals surface area contributed by atoms with Crippen LogP contribution in [0.25, 0.3) is 23.0 Å². The van der Waals surface area contributed by atoms with Crippen molar-refractivity contribution in [2.45, 2.75) is 13.5 Å². The van der Waals surface area contributed by atoms with Crippen LogP contribution in [0, 0.1) is 11.6 Å². The van der Waals surface area contributed by atoms with Crippen LogP contribution in [-0.2, 0) is 11.3 Å². The summed E-state index contributed by atoms with van der Waals surface area (Å²) in [5, 5.41) is 11.4. The number of aryl methyl sites for hydroxylation is 1. The van der Waals surface area contributed by atoms with E-state index in [4.69, 9.17) is 28.2 Å². The molecule has 1 aromatic carbocycles. The first-order valence-corrected chi connectivity index (χ1v) is 8.35. The number of aromatic amines is 1. The van der Waals surface area contributed by atoms with Gasteiger partial charge in [-0.05, 0) is 36.3 Å². The van der Waals surface area contributed by atoms with Gasteiger partial charge in [0.25, 0.3) is 5.89 Å². The minimum Gasteiger partial charge on any atom is -0.414 e. The summed E-state index contributed by atoms with van der Waals surface area (Å²) in [6.45, 7) is 5.60. The lowest BCUT2D eigenvalue weighted by molar-refractivity contribution is -0.116. The summed E-state index contributed by atoms with van der Waals surface area (Å²) in [7, 11) is 0. The Morgan fingerprint density at radius 2 is 2.19 bits per heavy atom. The number of nitrogens with zero attached hydrogens (tertiary/aromatic N) is 3. The molecule has 0 radical (unpaired) electrons. The number of carbonyl (C=O) groups excluding carboxylic acids is 1. The topological polar surface area (TPSA) is 96.7 Å². The number of aromatic nitrogens is 4. The maximum Gasteiger partial charge on any atom is 0.269 e. The molecule has 9 heteroatoms. The van der Waals surface area contributed by atoms with E-state index in [-0.39, 0.29) is 24.2 Å². The zero-order valence-electron chi connectivity index (χ0n) is 13.7. The van der Waals surface area contributed by atoms with Crippen molar-refractivity contribution < 1.29 is 9.21 Å². The molecule has 3 rings (SSSR count). The van der Waals surface area contributed by atoms with Gasteiger partial charge in [0.2, 0.25) is 11.8 Å². The summed E-state index contributed by atoms with van der Waals surface area (Å²) in [5.41, 5.74) is 2.71. The maximum atomic E-state index is 11.5. The molecule has 0 aliphatic carbocycles. The van der Waals surface area contributed by atoms with Crippen LogP contribution < -0.4 is 5.32 Å². The molecule has 0 aliphatic heterocycles. The molecule has 2 aromatic heterocycles. The average Bonchev–Trinajstić information content (AvgIpc) is 3.10. The van der Waals surface area contributed by atoms with Crippen LogP contribution in [0.4, 0.5) is 0 Å². The molecule has 0 aliphatic rings. The number of benzene rings is 1. The highest BCUT2D eigenvalue weighted by atomic mass is 35.5. The van der Waals surface area contributed by atoms with E-state index >= 15 is 0 Å². The van der Waals surface area contributed by atoms with Crippen LogP contribution >= 0.6 is 23.8 Å². The van der Waals surface area contributed by atoms with Crippen LogP contribution in [0.1, 0.15) is 11.1 Å². The second-order valence-electron chi connectivity index (χ2n) is 5.35. The van der Waals surface area contributed by atoms with Gasteiger partial charge in [-0.2, -0.15) is 0 Å². The van der Waals surface area contributed by atoms with Gasteiger partial charge < -0.3 is 14.7 Å². The molecular weight excluding hydrogens is 374 g/mol. The minimum absolute atomic E-state index is 0.195. The van der Waals surface area contributed by atoms with E-state index in [2.05, 4.69) is 32.1 Å². The van der Waals surface area contributed by atoms with Crippen LogP contribution in [0.5, 0.6) is 0 Å². The van der Waals surface area contributed by atoms with Gasteiger partial charge in [-0.15, -0.1) is 10.2 Å². The molecule has 132 valence electrons. The van der Waals surface area contributed by atoms with Crippen LogP contribution in [0.2, 0.25) is 5.02 Å². The van der Waals surface area contributed by atoms with Crippen molar-refractivity contribution in [3.63, 3.8) is 0 Å². The van der Waals surface area contributed by atoms with Crippen molar-refractivity contribution in [1.82, 2.24) is 25.5 Å². The third-order valence-corrected chi connectivity index (χ3v) is 4.16. The summed E-state index contributed by atoms with van der Waals surface area (Å²) >= 11 is 11.4. The van der Waals surface area contributed by atoms with Gasteiger partial charge in [-0.3, -0.25) is 4.79 Å². The predicted molar refractivity (Wildman–Crippen MR) is 99.9 cm³/mol. The highest BCUT2D eigenvalue weighted by molar-refractivity contribution is 7.71. The van der Waals surface area contributed by atoms with E-state index in [9.17, 15) is 4.79 Å². The Kier molecular flexibility index (Phi) is 5.24. The second kappa shape index (κ2) is 7.59. The van der Waals surface area contributed by atoms with Crippen LogP contribution in [0.3, 0.4) is 0 Å². The summed E-state index contributed by atoms with van der Waals surface area (Å²) in [6.07, 6.45) is 4.37. The molecule has 0 spiro atoms. The number of amides is 1. The molecular formula is C17H14ClN5O2S. The van der Waals surface area contributed by atoms with Crippen molar-refractivity contribution in [3.05, 3.63) is 58.0 Å². The van der Waals surface area contributed by atoms with E-state index in [0.29, 0.717) is 20.9 Å². The maximum absolute atomic E-state index is 11.5. The van der Waals surface area contributed by atoms with E-state index in [1.165, 1.54) is 6.08 Å². The fourth-order valence-corrected chi connectivity index (χ4v) is 2.86. The van der Waals surface area contributed by atoms with Crippen molar-refractivity contribution in [1.29, 1.82) is 0 Å². The first-order chi connectivity index (χ1) is 12.5. The van der Waals surface area contributed by atoms with Gasteiger partial charge in [0.05, 0.1) is 0 Å². The Labute approximate surface area is 159 Å². The van der Waals surface area contributed by atoms with Crippen molar-refractivity contribution in [2.24, 2.45) is 0 Å². The van der Waals surface area contributed by atoms with Gasteiger partial charge >= 0.3 is 0 Å².